The standard InChI is InChI=1S/C10H9BrN2O.C7H6BrNO2.C4H9NO.C3H7NO.C2H3F3O3S.CH2Cl2.CH4/c1-6-12-9-5-7(11)3-4-8(9)10(14)13(6)2;8-5-1-2-7(11-4-10)6(9)3-5;1-4(5-2)6-3;1-3(5)4-2;1-8-9(6,7)2(3,4)5;2-1-3;/h3-5H,1-2H3;1-4H,9H2;1-3H3;1-2H3,(H,4,5);1H3;1H2;1H4. The molecule has 0 bridgehead atoms. The number of anilines is 1. The van der Waals surface area contributed by atoms with Crippen LogP contribution in [-0.4, -0.2) is 75.4 Å². The zero-order valence-corrected chi connectivity index (χ0v) is 32.5. The lowest BCUT2D eigenvalue weighted by Crippen LogP contribution is -2.23. The van der Waals surface area contributed by atoms with Gasteiger partial charge in [0.25, 0.3) is 12.0 Å². The van der Waals surface area contributed by atoms with Crippen LogP contribution >= 0.6 is 55.1 Å². The van der Waals surface area contributed by atoms with E-state index in [9.17, 15) is 36.0 Å². The fourth-order valence-corrected chi connectivity index (χ4v) is 3.14. The van der Waals surface area contributed by atoms with Crippen LogP contribution in [0.5, 0.6) is 5.75 Å². The van der Waals surface area contributed by atoms with Gasteiger partial charge in [-0.2, -0.15) is 21.6 Å². The topological polar surface area (TPSA) is 181 Å². The number of aliphatic imine (C=N–C) groups is 1. The average molecular weight is 894 g/mol. The Bertz CT molecular complexity index is 1630. The molecule has 13 nitrogen and oxygen atoms in total. The SMILES string of the molecule is C.CN=C(C)OC.CNC(C)=O.COS(=O)(=O)C(F)(F)F.Cc1nc2cc(Br)ccc2c(=O)n1C.ClCCl.Nc1cc(Br)ccc1OC=O. The van der Waals surface area contributed by atoms with E-state index in [0.717, 1.165) is 26.2 Å². The molecule has 0 aliphatic carbocycles. The number of rotatable bonds is 3. The number of aryl methyl sites for hydroxylation is 1. The third-order valence-electron chi connectivity index (χ3n) is 4.87. The molecule has 2 aromatic carbocycles. The first-order valence-electron chi connectivity index (χ1n) is 12.6. The first kappa shape index (κ1) is 52.8. The molecule has 0 spiro atoms. The number of nitrogens with two attached hydrogens (primary N) is 1. The molecular formula is C28H40Br2Cl2F3N5O8S. The molecule has 21 heteroatoms. The van der Waals surface area contributed by atoms with Crippen molar-refractivity contribution in [2.75, 3.05) is 39.4 Å². The minimum Gasteiger partial charge on any atom is -0.485 e. The van der Waals surface area contributed by atoms with E-state index in [0.29, 0.717) is 30.4 Å². The lowest BCUT2D eigenvalue weighted by Gasteiger charge is -2.04. The number of nitrogens with zero attached hydrogens (tertiary/aromatic N) is 3. The van der Waals surface area contributed by atoms with Gasteiger partial charge >= 0.3 is 15.6 Å². The Morgan fingerprint density at radius 2 is 1.59 bits per heavy atom. The molecule has 3 aromatic rings. The summed E-state index contributed by atoms with van der Waals surface area (Å²) >= 11 is 16.1. The number of ether oxygens (including phenoxy) is 2. The second-order valence-electron chi connectivity index (χ2n) is 8.00. The number of halogens is 7. The molecule has 0 radical (unpaired) electrons. The Labute approximate surface area is 310 Å². The van der Waals surface area contributed by atoms with Crippen LogP contribution in [0.25, 0.3) is 10.9 Å². The maximum Gasteiger partial charge on any atom is 0.523 e. The number of amides is 1. The summed E-state index contributed by atoms with van der Waals surface area (Å²) in [5, 5.41) is 3.24. The van der Waals surface area contributed by atoms with Gasteiger partial charge in [-0.05, 0) is 43.3 Å². The summed E-state index contributed by atoms with van der Waals surface area (Å²) in [6.45, 7) is 5.45. The van der Waals surface area contributed by atoms with E-state index < -0.39 is 15.6 Å². The molecule has 0 aliphatic heterocycles. The van der Waals surface area contributed by atoms with Crippen LogP contribution in [0.3, 0.4) is 0 Å². The Hall–Kier alpha value is -2.97. The van der Waals surface area contributed by atoms with E-state index >= 15 is 0 Å². The number of hydrogen-bond donors (Lipinski definition) is 2. The van der Waals surface area contributed by atoms with Crippen LogP contribution in [0, 0.1) is 6.92 Å². The average Bonchev–Trinajstić information content (AvgIpc) is 3.02. The molecule has 3 N–H and O–H groups in total. The highest BCUT2D eigenvalue weighted by atomic mass is 79.9. The van der Waals surface area contributed by atoms with E-state index in [4.69, 9.17) is 28.9 Å². The van der Waals surface area contributed by atoms with E-state index in [2.05, 4.69) is 60.8 Å². The van der Waals surface area contributed by atoms with Crippen molar-refractivity contribution < 1.29 is 44.8 Å². The van der Waals surface area contributed by atoms with Crippen molar-refractivity contribution in [3.05, 3.63) is 61.5 Å². The van der Waals surface area contributed by atoms with Crippen LogP contribution in [-0.2, 0) is 35.7 Å². The molecule has 3 rings (SSSR count). The molecule has 0 saturated carbocycles. The quantitative estimate of drug-likeness (QED) is 0.0557. The first-order chi connectivity index (χ1) is 22.1. The van der Waals surface area contributed by atoms with Crippen molar-refractivity contribution in [3.63, 3.8) is 0 Å². The van der Waals surface area contributed by atoms with Crippen molar-refractivity contribution in [3.8, 4) is 5.75 Å². The number of hydrogen-bond acceptors (Lipinski definition) is 11. The van der Waals surface area contributed by atoms with Crippen molar-refractivity contribution in [1.82, 2.24) is 14.9 Å². The van der Waals surface area contributed by atoms with Gasteiger partial charge in [0.1, 0.15) is 5.82 Å². The van der Waals surface area contributed by atoms with Gasteiger partial charge in [-0.3, -0.25) is 28.1 Å². The minimum atomic E-state index is -5.34. The molecule has 0 saturated heterocycles. The maximum absolute atomic E-state index is 11.8. The van der Waals surface area contributed by atoms with E-state index in [-0.39, 0.29) is 24.2 Å². The predicted molar refractivity (Wildman–Crippen MR) is 196 cm³/mol. The van der Waals surface area contributed by atoms with Crippen molar-refractivity contribution in [2.24, 2.45) is 12.0 Å². The smallest absolute Gasteiger partial charge is 0.485 e. The van der Waals surface area contributed by atoms with Gasteiger partial charge in [0.2, 0.25) is 5.91 Å². The summed E-state index contributed by atoms with van der Waals surface area (Å²) in [5.41, 5.74) is 1.36. The number of nitrogens with one attached hydrogen (secondary N) is 1. The highest BCUT2D eigenvalue weighted by Gasteiger charge is 2.46. The van der Waals surface area contributed by atoms with Gasteiger partial charge in [-0.1, -0.05) is 39.3 Å². The summed E-state index contributed by atoms with van der Waals surface area (Å²) in [5.74, 6) is 1.82. The molecule has 0 aliphatic rings. The Kier molecular flexibility index (Phi) is 30.0. The third kappa shape index (κ3) is 23.1. The number of methoxy groups -OCH3 is 1. The highest BCUT2D eigenvalue weighted by Crippen LogP contribution is 2.24. The summed E-state index contributed by atoms with van der Waals surface area (Å²) in [4.78, 5) is 39.4. The van der Waals surface area contributed by atoms with Crippen LogP contribution in [0.2, 0.25) is 0 Å². The van der Waals surface area contributed by atoms with Crippen LogP contribution < -0.4 is 21.3 Å². The van der Waals surface area contributed by atoms with Crippen LogP contribution in [0.4, 0.5) is 18.9 Å². The largest absolute Gasteiger partial charge is 0.523 e. The number of benzene rings is 2. The van der Waals surface area contributed by atoms with Gasteiger partial charge in [0, 0.05) is 43.9 Å². The number of carbonyl (C=O) groups excluding carboxylic acids is 2. The summed E-state index contributed by atoms with van der Waals surface area (Å²) < 4.78 is 68.4. The van der Waals surface area contributed by atoms with Crippen molar-refractivity contribution in [1.29, 1.82) is 0 Å². The second-order valence-corrected chi connectivity index (χ2v) is 12.3. The Morgan fingerprint density at radius 3 is 1.92 bits per heavy atom. The zero-order valence-electron chi connectivity index (χ0n) is 27.0. The molecule has 1 amide bonds. The number of carbonyl (C=O) groups is 2. The number of aromatic nitrogens is 2. The molecule has 0 atom stereocenters. The molecule has 1 aromatic heterocycles. The number of alkyl halides is 5. The first-order valence-corrected chi connectivity index (χ1v) is 16.6. The van der Waals surface area contributed by atoms with E-state index in [1.54, 1.807) is 64.0 Å². The maximum atomic E-state index is 11.8. The third-order valence-corrected chi connectivity index (χ3v) is 6.87. The number of nitrogen functional groups attached to an aromatic ring is 1. The van der Waals surface area contributed by atoms with E-state index in [1.165, 1.54) is 6.92 Å². The van der Waals surface area contributed by atoms with Crippen LogP contribution in [0.15, 0.2) is 55.1 Å². The summed E-state index contributed by atoms with van der Waals surface area (Å²) in [7, 11) is 1.73. The molecule has 280 valence electrons. The van der Waals surface area contributed by atoms with Gasteiger partial charge in [-0.25, -0.2) is 4.98 Å². The highest BCUT2D eigenvalue weighted by molar-refractivity contribution is 9.10. The monoisotopic (exact) mass is 891 g/mol. The lowest BCUT2D eigenvalue weighted by atomic mass is 10.2. The fourth-order valence-electron chi connectivity index (χ4n) is 2.22. The van der Waals surface area contributed by atoms with E-state index in [1.807, 2.05) is 19.1 Å². The fraction of sp³-hybridized carbons (Fsp3) is 0.393. The zero-order chi connectivity index (χ0) is 38.3. The number of fused-ring (bicyclic) bond motifs is 1. The molecule has 1 heterocycles. The van der Waals surface area contributed by atoms with Gasteiger partial charge in [0.15, 0.2) is 11.6 Å². The molecule has 49 heavy (non-hydrogen) atoms. The lowest BCUT2D eigenvalue weighted by molar-refractivity contribution is -0.121. The van der Waals surface area contributed by atoms with Crippen LogP contribution in [0.1, 0.15) is 27.1 Å². The summed E-state index contributed by atoms with van der Waals surface area (Å²) in [6.07, 6.45) is 0. The normalized spacial score (nSPS) is 10.1. The summed E-state index contributed by atoms with van der Waals surface area (Å²) in [6, 6.07) is 10.5. The Balaban J connectivity index is -0.000000263. The van der Waals surface area contributed by atoms with Gasteiger partial charge in [0.05, 0.1) is 36.1 Å². The van der Waals surface area contributed by atoms with Gasteiger partial charge < -0.3 is 20.5 Å². The molecule has 0 fully saturated rings. The van der Waals surface area contributed by atoms with Crippen molar-refractivity contribution >= 4 is 100 Å². The Morgan fingerprint density at radius 1 is 1.12 bits per heavy atom. The molecule has 0 unspecified atom stereocenters. The predicted octanol–water partition coefficient (Wildman–Crippen LogP) is 6.54. The van der Waals surface area contributed by atoms with Gasteiger partial charge in [-0.15, -0.1) is 23.2 Å². The second kappa shape index (κ2) is 27.8. The minimum absolute atomic E-state index is 0. The van der Waals surface area contributed by atoms with Crippen molar-refractivity contribution in [2.45, 2.75) is 33.7 Å². The molecular weight excluding hydrogens is 854 g/mol.